The summed E-state index contributed by atoms with van der Waals surface area (Å²) in [7, 11) is -0.901. The van der Waals surface area contributed by atoms with E-state index in [1.165, 1.54) is 5.56 Å². The molecule has 1 aromatic carbocycles. The topological polar surface area (TPSA) is 58.2 Å². The first-order valence-electron chi connectivity index (χ1n) is 6.54. The monoisotopic (exact) mass is 280 g/mol. The van der Waals surface area contributed by atoms with E-state index in [9.17, 15) is 9.00 Å². The molecular formula is C14H20N2O2S. The second kappa shape index (κ2) is 6.19. The molecule has 19 heavy (non-hydrogen) atoms. The molecule has 5 heteroatoms. The molecule has 0 spiro atoms. The molecule has 104 valence electrons. The van der Waals surface area contributed by atoms with Crippen molar-refractivity contribution in [3.8, 4) is 0 Å². The van der Waals surface area contributed by atoms with Gasteiger partial charge in [-0.25, -0.2) is 0 Å². The number of carbonyl (C=O) groups is 1. The van der Waals surface area contributed by atoms with Crippen LogP contribution in [0.5, 0.6) is 0 Å². The van der Waals surface area contributed by atoms with Gasteiger partial charge in [0.05, 0.1) is 11.3 Å². The van der Waals surface area contributed by atoms with Gasteiger partial charge in [0.25, 0.3) is 5.91 Å². The highest BCUT2D eigenvalue weighted by Crippen LogP contribution is 2.25. The Hall–Kier alpha value is -1.36. The van der Waals surface area contributed by atoms with E-state index in [0.717, 1.165) is 25.1 Å². The van der Waals surface area contributed by atoms with E-state index >= 15 is 0 Å². The molecule has 2 rings (SSSR count). The fourth-order valence-electron chi connectivity index (χ4n) is 2.39. The predicted octanol–water partition coefficient (Wildman–Crippen LogP) is 1.54. The number of fused-ring (bicyclic) bond motifs is 1. The largest absolute Gasteiger partial charge is 0.384 e. The maximum absolute atomic E-state index is 12.3. The van der Waals surface area contributed by atoms with Crippen LogP contribution in [0.15, 0.2) is 18.2 Å². The van der Waals surface area contributed by atoms with Crippen LogP contribution in [0.4, 0.5) is 5.69 Å². The highest BCUT2D eigenvalue weighted by Gasteiger charge is 2.18. The SMILES string of the molecule is CC(CS(C)=O)NC(=O)c1cccc2c1NCCC2. The summed E-state index contributed by atoms with van der Waals surface area (Å²) in [5.74, 6) is 0.387. The van der Waals surface area contributed by atoms with E-state index in [2.05, 4.69) is 16.7 Å². The van der Waals surface area contributed by atoms with Gasteiger partial charge < -0.3 is 10.6 Å². The van der Waals surface area contributed by atoms with Gasteiger partial charge in [-0.3, -0.25) is 9.00 Å². The van der Waals surface area contributed by atoms with Gasteiger partial charge in [-0.2, -0.15) is 0 Å². The van der Waals surface area contributed by atoms with Crippen molar-refractivity contribution in [2.24, 2.45) is 0 Å². The molecule has 0 saturated carbocycles. The van der Waals surface area contributed by atoms with Crippen molar-refractivity contribution in [2.45, 2.75) is 25.8 Å². The number of aryl methyl sites for hydroxylation is 1. The number of amides is 1. The summed E-state index contributed by atoms with van der Waals surface area (Å²) >= 11 is 0. The lowest BCUT2D eigenvalue weighted by atomic mass is 9.99. The first kappa shape index (κ1) is 14.1. The minimum absolute atomic E-state index is 0.0854. The summed E-state index contributed by atoms with van der Waals surface area (Å²) in [5, 5.41) is 6.21. The summed E-state index contributed by atoms with van der Waals surface area (Å²) in [4.78, 5) is 12.3. The molecule has 0 aromatic heterocycles. The van der Waals surface area contributed by atoms with Crippen LogP contribution in [0.3, 0.4) is 0 Å². The minimum Gasteiger partial charge on any atom is -0.384 e. The molecular weight excluding hydrogens is 260 g/mol. The van der Waals surface area contributed by atoms with Gasteiger partial charge in [-0.05, 0) is 31.4 Å². The van der Waals surface area contributed by atoms with Gasteiger partial charge in [0, 0.05) is 35.4 Å². The van der Waals surface area contributed by atoms with Crippen LogP contribution >= 0.6 is 0 Å². The Kier molecular flexibility index (Phi) is 4.58. The van der Waals surface area contributed by atoms with Crippen LogP contribution in [0, 0.1) is 0 Å². The quantitative estimate of drug-likeness (QED) is 0.879. The molecule has 1 heterocycles. The standard InChI is InChI=1S/C14H20N2O2S/c1-10(9-19(2)18)16-14(17)12-7-3-5-11-6-4-8-15-13(11)12/h3,5,7,10,15H,4,6,8-9H2,1-2H3,(H,16,17). The summed E-state index contributed by atoms with van der Waals surface area (Å²) in [6.07, 6.45) is 3.76. The first-order chi connectivity index (χ1) is 9.08. The number of nitrogens with one attached hydrogen (secondary N) is 2. The van der Waals surface area contributed by atoms with Gasteiger partial charge in [0.2, 0.25) is 0 Å². The molecule has 2 atom stereocenters. The predicted molar refractivity (Wildman–Crippen MR) is 79.1 cm³/mol. The van der Waals surface area contributed by atoms with Crippen LogP contribution in [0.25, 0.3) is 0 Å². The Morgan fingerprint density at radius 2 is 2.32 bits per heavy atom. The maximum atomic E-state index is 12.3. The van der Waals surface area contributed by atoms with Crippen molar-refractivity contribution in [1.29, 1.82) is 0 Å². The van der Waals surface area contributed by atoms with Crippen LogP contribution in [-0.2, 0) is 17.2 Å². The van der Waals surface area contributed by atoms with Crippen molar-refractivity contribution in [3.05, 3.63) is 29.3 Å². The molecule has 1 amide bonds. The van der Waals surface area contributed by atoms with Gasteiger partial charge in [0.15, 0.2) is 0 Å². The number of benzene rings is 1. The third-order valence-electron chi connectivity index (χ3n) is 3.18. The Labute approximate surface area is 116 Å². The smallest absolute Gasteiger partial charge is 0.253 e. The normalized spacial score (nSPS) is 16.9. The molecule has 0 aliphatic carbocycles. The number of para-hydroxylation sites is 1. The highest BCUT2D eigenvalue weighted by molar-refractivity contribution is 7.84. The number of rotatable bonds is 4. The zero-order valence-electron chi connectivity index (χ0n) is 11.4. The summed E-state index contributed by atoms with van der Waals surface area (Å²) in [6.45, 7) is 2.79. The van der Waals surface area contributed by atoms with E-state index in [-0.39, 0.29) is 11.9 Å². The van der Waals surface area contributed by atoms with E-state index in [4.69, 9.17) is 0 Å². The molecule has 0 radical (unpaired) electrons. The van der Waals surface area contributed by atoms with Gasteiger partial charge >= 0.3 is 0 Å². The number of carbonyl (C=O) groups excluding carboxylic acids is 1. The number of hydrogen-bond acceptors (Lipinski definition) is 3. The zero-order chi connectivity index (χ0) is 13.8. The molecule has 1 aliphatic heterocycles. The van der Waals surface area contributed by atoms with E-state index < -0.39 is 10.8 Å². The lowest BCUT2D eigenvalue weighted by Gasteiger charge is -2.21. The van der Waals surface area contributed by atoms with E-state index in [1.807, 2.05) is 19.1 Å². The maximum Gasteiger partial charge on any atom is 0.253 e. The second-order valence-electron chi connectivity index (χ2n) is 4.98. The van der Waals surface area contributed by atoms with Crippen molar-refractivity contribution >= 4 is 22.4 Å². The molecule has 0 bridgehead atoms. The fourth-order valence-corrected chi connectivity index (χ4v) is 3.18. The average Bonchev–Trinajstić information content (AvgIpc) is 2.36. The van der Waals surface area contributed by atoms with Crippen molar-refractivity contribution in [1.82, 2.24) is 5.32 Å². The third kappa shape index (κ3) is 3.56. The van der Waals surface area contributed by atoms with Crippen molar-refractivity contribution < 1.29 is 9.00 Å². The van der Waals surface area contributed by atoms with E-state index in [0.29, 0.717) is 11.3 Å². The molecule has 0 saturated heterocycles. The van der Waals surface area contributed by atoms with Gasteiger partial charge in [-0.15, -0.1) is 0 Å². The molecule has 2 N–H and O–H groups in total. The molecule has 1 aliphatic rings. The Balaban J connectivity index is 2.13. The Morgan fingerprint density at radius 1 is 1.53 bits per heavy atom. The van der Waals surface area contributed by atoms with Gasteiger partial charge in [0.1, 0.15) is 0 Å². The van der Waals surface area contributed by atoms with Crippen LogP contribution in [0.2, 0.25) is 0 Å². The second-order valence-corrected chi connectivity index (χ2v) is 6.46. The Bertz CT molecular complexity index is 502. The summed E-state index contributed by atoms with van der Waals surface area (Å²) < 4.78 is 11.2. The molecule has 4 nitrogen and oxygen atoms in total. The van der Waals surface area contributed by atoms with Gasteiger partial charge in [-0.1, -0.05) is 12.1 Å². The van der Waals surface area contributed by atoms with Crippen LogP contribution < -0.4 is 10.6 Å². The lowest BCUT2D eigenvalue weighted by molar-refractivity contribution is 0.0944. The van der Waals surface area contributed by atoms with Crippen LogP contribution in [-0.4, -0.2) is 34.7 Å². The van der Waals surface area contributed by atoms with Crippen molar-refractivity contribution in [3.63, 3.8) is 0 Å². The molecule has 0 fully saturated rings. The molecule has 2 unspecified atom stereocenters. The fraction of sp³-hybridized carbons (Fsp3) is 0.500. The number of anilines is 1. The third-order valence-corrected chi connectivity index (χ3v) is 4.15. The minimum atomic E-state index is -0.901. The van der Waals surface area contributed by atoms with Crippen LogP contribution in [0.1, 0.15) is 29.3 Å². The molecule has 1 aromatic rings. The Morgan fingerprint density at radius 3 is 3.05 bits per heavy atom. The number of hydrogen-bond donors (Lipinski definition) is 2. The lowest BCUT2D eigenvalue weighted by Crippen LogP contribution is -2.36. The average molecular weight is 280 g/mol. The summed E-state index contributed by atoms with van der Waals surface area (Å²) in [6, 6.07) is 5.73. The van der Waals surface area contributed by atoms with Crippen molar-refractivity contribution in [2.75, 3.05) is 23.9 Å². The summed E-state index contributed by atoms with van der Waals surface area (Å²) in [5.41, 5.74) is 2.84. The van der Waals surface area contributed by atoms with E-state index in [1.54, 1.807) is 6.26 Å². The highest BCUT2D eigenvalue weighted by atomic mass is 32.2. The first-order valence-corrected chi connectivity index (χ1v) is 8.27. The zero-order valence-corrected chi connectivity index (χ0v) is 12.2.